The zero-order valence-corrected chi connectivity index (χ0v) is 13.9. The summed E-state index contributed by atoms with van der Waals surface area (Å²) < 4.78 is 4.88. The number of benzene rings is 1. The first kappa shape index (κ1) is 18.3. The molecule has 0 radical (unpaired) electrons. The predicted octanol–water partition coefficient (Wildman–Crippen LogP) is 2.39. The summed E-state index contributed by atoms with van der Waals surface area (Å²) in [5.74, 6) is 0.577. The Kier molecular flexibility index (Phi) is 9.07. The Labute approximate surface area is 137 Å². The van der Waals surface area contributed by atoms with Crippen LogP contribution >= 0.6 is 11.6 Å². The molecular weight excluding hydrogens is 302 g/mol. The van der Waals surface area contributed by atoms with E-state index in [9.17, 15) is 4.79 Å². The van der Waals surface area contributed by atoms with E-state index < -0.39 is 0 Å². The lowest BCUT2D eigenvalue weighted by Crippen LogP contribution is -2.38. The molecule has 1 aromatic rings. The number of esters is 1. The molecule has 0 aliphatic rings. The highest BCUT2D eigenvalue weighted by atomic mass is 35.5. The summed E-state index contributed by atoms with van der Waals surface area (Å²) in [5.41, 5.74) is 1.22. The molecule has 0 bridgehead atoms. The quantitative estimate of drug-likeness (QED) is 0.333. The maximum atomic E-state index is 11.2. The van der Waals surface area contributed by atoms with Crippen LogP contribution in [0.3, 0.4) is 0 Å². The largest absolute Gasteiger partial charge is 0.466 e. The van der Waals surface area contributed by atoms with Crippen molar-refractivity contribution in [3.8, 4) is 0 Å². The number of carbonyl (C=O) groups excluding carboxylic acids is 1. The Morgan fingerprint density at radius 2 is 1.91 bits per heavy atom. The fourth-order valence-electron chi connectivity index (χ4n) is 1.87. The number of ether oxygens (including phenoxy) is 1. The molecule has 0 unspecified atom stereocenters. The van der Waals surface area contributed by atoms with E-state index in [2.05, 4.69) is 15.6 Å². The van der Waals surface area contributed by atoms with Crippen molar-refractivity contribution in [1.82, 2.24) is 10.6 Å². The summed E-state index contributed by atoms with van der Waals surface area (Å²) in [7, 11) is 1.73. The number of carbonyl (C=O) groups is 1. The lowest BCUT2D eigenvalue weighted by molar-refractivity contribution is -0.143. The monoisotopic (exact) mass is 325 g/mol. The Bertz CT molecular complexity index is 475. The molecular formula is C16H24ClN3O2. The number of halogens is 1. The van der Waals surface area contributed by atoms with Crippen LogP contribution in [0, 0.1) is 0 Å². The Morgan fingerprint density at radius 3 is 2.55 bits per heavy atom. The lowest BCUT2D eigenvalue weighted by Gasteiger charge is -2.11. The average molecular weight is 326 g/mol. The zero-order chi connectivity index (χ0) is 16.2. The van der Waals surface area contributed by atoms with Crippen LogP contribution in [-0.4, -0.2) is 38.7 Å². The third kappa shape index (κ3) is 7.88. The van der Waals surface area contributed by atoms with E-state index in [0.717, 1.165) is 30.4 Å². The van der Waals surface area contributed by atoms with Crippen molar-refractivity contribution >= 4 is 23.5 Å². The predicted molar refractivity (Wildman–Crippen MR) is 90.4 cm³/mol. The molecule has 0 fully saturated rings. The van der Waals surface area contributed by atoms with Crippen molar-refractivity contribution in [2.75, 3.05) is 26.7 Å². The first-order chi connectivity index (χ1) is 10.7. The maximum Gasteiger partial charge on any atom is 0.305 e. The zero-order valence-electron chi connectivity index (χ0n) is 13.2. The summed E-state index contributed by atoms with van der Waals surface area (Å²) in [6.45, 7) is 3.70. The van der Waals surface area contributed by atoms with Crippen LogP contribution in [0.2, 0.25) is 5.02 Å². The topological polar surface area (TPSA) is 62.7 Å². The number of rotatable bonds is 8. The van der Waals surface area contributed by atoms with E-state index in [0.29, 0.717) is 19.6 Å². The second-order valence-electron chi connectivity index (χ2n) is 4.71. The third-order valence-electron chi connectivity index (χ3n) is 3.00. The first-order valence-electron chi connectivity index (χ1n) is 7.50. The van der Waals surface area contributed by atoms with E-state index in [1.807, 2.05) is 31.2 Å². The minimum absolute atomic E-state index is 0.157. The normalized spacial score (nSPS) is 11.1. The van der Waals surface area contributed by atoms with Gasteiger partial charge in [-0.3, -0.25) is 9.79 Å². The molecule has 6 heteroatoms. The van der Waals surface area contributed by atoms with E-state index in [4.69, 9.17) is 16.3 Å². The van der Waals surface area contributed by atoms with E-state index in [1.54, 1.807) is 7.05 Å². The molecule has 5 nitrogen and oxygen atoms in total. The molecule has 0 amide bonds. The molecule has 0 aliphatic heterocycles. The van der Waals surface area contributed by atoms with Crippen LogP contribution in [0.4, 0.5) is 0 Å². The van der Waals surface area contributed by atoms with Crippen molar-refractivity contribution in [2.24, 2.45) is 4.99 Å². The van der Waals surface area contributed by atoms with Crippen molar-refractivity contribution < 1.29 is 9.53 Å². The van der Waals surface area contributed by atoms with Gasteiger partial charge in [0.05, 0.1) is 6.61 Å². The molecule has 22 heavy (non-hydrogen) atoms. The number of nitrogens with one attached hydrogen (secondary N) is 2. The number of hydrogen-bond acceptors (Lipinski definition) is 3. The van der Waals surface area contributed by atoms with Gasteiger partial charge in [-0.15, -0.1) is 0 Å². The van der Waals surface area contributed by atoms with Gasteiger partial charge in [-0.2, -0.15) is 0 Å². The summed E-state index contributed by atoms with van der Waals surface area (Å²) in [6, 6.07) is 7.80. The number of nitrogens with zero attached hydrogens (tertiary/aromatic N) is 1. The van der Waals surface area contributed by atoms with E-state index in [1.165, 1.54) is 5.56 Å². The van der Waals surface area contributed by atoms with Gasteiger partial charge in [0.15, 0.2) is 5.96 Å². The van der Waals surface area contributed by atoms with Gasteiger partial charge >= 0.3 is 5.97 Å². The van der Waals surface area contributed by atoms with Gasteiger partial charge in [0.2, 0.25) is 0 Å². The van der Waals surface area contributed by atoms with Gasteiger partial charge in [-0.1, -0.05) is 23.7 Å². The van der Waals surface area contributed by atoms with Crippen LogP contribution in [0.15, 0.2) is 29.3 Å². The summed E-state index contributed by atoms with van der Waals surface area (Å²) in [4.78, 5) is 15.3. The molecule has 0 aromatic heterocycles. The van der Waals surface area contributed by atoms with Gasteiger partial charge in [0.1, 0.15) is 0 Å². The Hall–Kier alpha value is -1.75. The molecule has 1 rings (SSSR count). The maximum absolute atomic E-state index is 11.2. The summed E-state index contributed by atoms with van der Waals surface area (Å²) >= 11 is 5.85. The number of hydrogen-bond donors (Lipinski definition) is 2. The number of guanidine groups is 1. The Balaban J connectivity index is 2.17. The Morgan fingerprint density at radius 1 is 1.23 bits per heavy atom. The van der Waals surface area contributed by atoms with Gasteiger partial charge in [0.25, 0.3) is 0 Å². The minimum atomic E-state index is -0.157. The fraction of sp³-hybridized carbons (Fsp3) is 0.500. The van der Waals surface area contributed by atoms with Gasteiger partial charge in [-0.05, 0) is 37.5 Å². The molecule has 0 atom stereocenters. The van der Waals surface area contributed by atoms with Crippen LogP contribution < -0.4 is 10.6 Å². The lowest BCUT2D eigenvalue weighted by atomic mass is 10.1. The second kappa shape index (κ2) is 10.9. The molecule has 0 saturated carbocycles. The van der Waals surface area contributed by atoms with Crippen LogP contribution in [-0.2, 0) is 16.0 Å². The third-order valence-corrected chi connectivity index (χ3v) is 3.25. The highest BCUT2D eigenvalue weighted by Gasteiger charge is 2.02. The summed E-state index contributed by atoms with van der Waals surface area (Å²) in [6.07, 6.45) is 2.03. The molecule has 0 saturated heterocycles. The van der Waals surface area contributed by atoms with Gasteiger partial charge < -0.3 is 15.4 Å². The van der Waals surface area contributed by atoms with Gasteiger partial charge in [0, 0.05) is 31.6 Å². The van der Waals surface area contributed by atoms with Crippen molar-refractivity contribution in [2.45, 2.75) is 26.2 Å². The van der Waals surface area contributed by atoms with Crippen LogP contribution in [0.5, 0.6) is 0 Å². The molecule has 0 aliphatic carbocycles. The van der Waals surface area contributed by atoms with Crippen molar-refractivity contribution in [1.29, 1.82) is 0 Å². The second-order valence-corrected chi connectivity index (χ2v) is 5.15. The molecule has 0 spiro atoms. The van der Waals surface area contributed by atoms with Crippen molar-refractivity contribution in [3.05, 3.63) is 34.9 Å². The van der Waals surface area contributed by atoms with Gasteiger partial charge in [-0.25, -0.2) is 0 Å². The SMILES string of the molecule is CCOC(=O)CCCNC(=NC)NCCc1ccc(Cl)cc1. The summed E-state index contributed by atoms with van der Waals surface area (Å²) in [5, 5.41) is 7.15. The first-order valence-corrected chi connectivity index (χ1v) is 7.88. The highest BCUT2D eigenvalue weighted by Crippen LogP contribution is 2.09. The molecule has 1 aromatic carbocycles. The van der Waals surface area contributed by atoms with Crippen molar-refractivity contribution in [3.63, 3.8) is 0 Å². The highest BCUT2D eigenvalue weighted by molar-refractivity contribution is 6.30. The van der Waals surface area contributed by atoms with Crippen LogP contribution in [0.1, 0.15) is 25.3 Å². The standard InChI is InChI=1S/C16H24ClN3O2/c1-3-22-15(21)5-4-11-19-16(18-2)20-12-10-13-6-8-14(17)9-7-13/h6-9H,3-5,10-12H2,1-2H3,(H2,18,19,20). The molecule has 0 heterocycles. The van der Waals surface area contributed by atoms with E-state index >= 15 is 0 Å². The smallest absolute Gasteiger partial charge is 0.305 e. The average Bonchev–Trinajstić information content (AvgIpc) is 2.51. The fourth-order valence-corrected chi connectivity index (χ4v) is 2.00. The minimum Gasteiger partial charge on any atom is -0.466 e. The molecule has 122 valence electrons. The molecule has 2 N–H and O–H groups in total. The van der Waals surface area contributed by atoms with E-state index in [-0.39, 0.29) is 5.97 Å². The number of aliphatic imine (C=N–C) groups is 1. The van der Waals surface area contributed by atoms with Crippen LogP contribution in [0.25, 0.3) is 0 Å².